The second-order valence-electron chi connectivity index (χ2n) is 8.15. The molecule has 0 aliphatic carbocycles. The summed E-state index contributed by atoms with van der Waals surface area (Å²) in [5.74, 6) is -0.820. The second-order valence-corrected chi connectivity index (χ2v) is 11.9. The molecule has 0 spiro atoms. The highest BCUT2D eigenvalue weighted by atomic mass is 32.2. The summed E-state index contributed by atoms with van der Waals surface area (Å²) in [5, 5.41) is 0. The normalized spacial score (nSPS) is 17.9. The Kier molecular flexibility index (Phi) is 8.51. The van der Waals surface area contributed by atoms with Crippen molar-refractivity contribution in [3.05, 3.63) is 71.8 Å². The molecule has 1 unspecified atom stereocenters. The Bertz CT molecular complexity index is 1240. The van der Waals surface area contributed by atoms with Crippen molar-refractivity contribution in [3.63, 3.8) is 0 Å². The van der Waals surface area contributed by atoms with Gasteiger partial charge in [0.15, 0.2) is 0 Å². The molecule has 1 aliphatic heterocycles. The van der Waals surface area contributed by atoms with Crippen LogP contribution in [0.4, 0.5) is 4.79 Å². The molecule has 0 N–H and O–H groups in total. The van der Waals surface area contributed by atoms with Gasteiger partial charge in [0.2, 0.25) is 10.0 Å². The summed E-state index contributed by atoms with van der Waals surface area (Å²) in [4.78, 5) is 25.9. The number of carbonyl (C=O) groups excluding carboxylic acids is 2. The average molecular weight is 524 g/mol. The maximum absolute atomic E-state index is 13.5. The molecule has 1 saturated heterocycles. The Morgan fingerprint density at radius 1 is 1.03 bits per heavy atom. The quantitative estimate of drug-likeness (QED) is 0.438. The lowest BCUT2D eigenvalue weighted by Crippen LogP contribution is -2.47. The first-order valence-corrected chi connectivity index (χ1v) is 14.4. The molecule has 0 bridgehead atoms. The molecule has 1 heterocycles. The zero-order chi connectivity index (χ0) is 25.6. The van der Waals surface area contributed by atoms with E-state index in [1.807, 2.05) is 6.92 Å². The summed E-state index contributed by atoms with van der Waals surface area (Å²) in [7, 11) is -8.69. The largest absolute Gasteiger partial charge is 0.449 e. The van der Waals surface area contributed by atoms with Crippen molar-refractivity contribution in [2.45, 2.75) is 38.8 Å². The van der Waals surface area contributed by atoms with Gasteiger partial charge >= 0.3 is 16.3 Å². The van der Waals surface area contributed by atoms with Crippen LogP contribution < -0.4 is 0 Å². The van der Waals surface area contributed by atoms with Crippen molar-refractivity contribution < 1.29 is 31.2 Å². The summed E-state index contributed by atoms with van der Waals surface area (Å²) < 4.78 is 58.4. The standard InChI is InChI=1S/C23H29N3O7S2/c1-3-4-15-33-23(28)26(34(2,29)30)18-25-22(27)21(16-19-11-7-5-8-12-19)24(35(25,31)32)17-20-13-9-6-10-14-20/h5-14,21H,3-4,15-18H2,1-2H3. The summed E-state index contributed by atoms with van der Waals surface area (Å²) in [6.45, 7) is 0.745. The zero-order valence-corrected chi connectivity index (χ0v) is 21.2. The monoisotopic (exact) mass is 523 g/mol. The summed E-state index contributed by atoms with van der Waals surface area (Å²) in [5.41, 5.74) is 1.39. The third kappa shape index (κ3) is 6.38. The SMILES string of the molecule is CCCCOC(=O)N(CN1C(=O)C(Cc2ccccc2)N(Cc2ccccc2)S1(=O)=O)S(C)(=O)=O. The average Bonchev–Trinajstić information content (AvgIpc) is 2.98. The van der Waals surface area contributed by atoms with Crippen LogP contribution in [-0.2, 0) is 42.7 Å². The predicted octanol–water partition coefficient (Wildman–Crippen LogP) is 2.34. The van der Waals surface area contributed by atoms with Crippen LogP contribution in [0.1, 0.15) is 30.9 Å². The van der Waals surface area contributed by atoms with Crippen LogP contribution in [0.5, 0.6) is 0 Å². The molecule has 1 fully saturated rings. The Balaban J connectivity index is 1.95. The number of unbranched alkanes of at least 4 members (excludes halogenated alkanes) is 1. The number of amides is 2. The number of hydrogen-bond donors (Lipinski definition) is 0. The maximum Gasteiger partial charge on any atom is 0.425 e. The Labute approximate surface area is 206 Å². The van der Waals surface area contributed by atoms with Crippen molar-refractivity contribution in [2.75, 3.05) is 19.5 Å². The fourth-order valence-electron chi connectivity index (χ4n) is 3.61. The van der Waals surface area contributed by atoms with E-state index in [9.17, 15) is 26.4 Å². The molecule has 2 aromatic carbocycles. The Morgan fingerprint density at radius 3 is 2.14 bits per heavy atom. The van der Waals surface area contributed by atoms with Crippen molar-refractivity contribution >= 4 is 32.2 Å². The number of nitrogens with zero attached hydrogens (tertiary/aromatic N) is 3. The Morgan fingerprint density at radius 2 is 1.60 bits per heavy atom. The summed E-state index contributed by atoms with van der Waals surface area (Å²) >= 11 is 0. The third-order valence-electron chi connectivity index (χ3n) is 5.49. The number of ether oxygens (including phenoxy) is 1. The van der Waals surface area contributed by atoms with Gasteiger partial charge < -0.3 is 4.74 Å². The van der Waals surface area contributed by atoms with Crippen molar-refractivity contribution in [1.82, 2.24) is 12.9 Å². The lowest BCUT2D eigenvalue weighted by Gasteiger charge is -2.25. The van der Waals surface area contributed by atoms with Gasteiger partial charge in [-0.15, -0.1) is 0 Å². The molecule has 2 amide bonds. The van der Waals surface area contributed by atoms with E-state index in [1.165, 1.54) is 0 Å². The molecule has 0 aromatic heterocycles. The second kappa shape index (κ2) is 11.2. The van der Waals surface area contributed by atoms with Crippen molar-refractivity contribution in [3.8, 4) is 0 Å². The van der Waals surface area contributed by atoms with E-state index in [-0.39, 0.29) is 23.9 Å². The van der Waals surface area contributed by atoms with Crippen LogP contribution in [-0.4, -0.2) is 67.3 Å². The highest BCUT2D eigenvalue weighted by molar-refractivity contribution is 7.89. The van der Waals surface area contributed by atoms with E-state index < -0.39 is 44.9 Å². The number of carbonyl (C=O) groups is 2. The molecular formula is C23H29N3O7S2. The fraction of sp³-hybridized carbons (Fsp3) is 0.391. The van der Waals surface area contributed by atoms with Crippen LogP contribution in [0.15, 0.2) is 60.7 Å². The number of hydrogen-bond acceptors (Lipinski definition) is 7. The maximum atomic E-state index is 13.5. The summed E-state index contributed by atoms with van der Waals surface area (Å²) in [6.07, 6.45) is 0.826. The first-order chi connectivity index (χ1) is 16.6. The van der Waals surface area contributed by atoms with E-state index in [4.69, 9.17) is 4.74 Å². The highest BCUT2D eigenvalue weighted by Gasteiger charge is 2.51. The van der Waals surface area contributed by atoms with Crippen LogP contribution in [0, 0.1) is 0 Å². The van der Waals surface area contributed by atoms with Gasteiger partial charge in [0.25, 0.3) is 5.91 Å². The minimum atomic E-state index is -4.46. The van der Waals surface area contributed by atoms with Crippen LogP contribution in [0.25, 0.3) is 0 Å². The van der Waals surface area contributed by atoms with Gasteiger partial charge in [0.05, 0.1) is 12.9 Å². The van der Waals surface area contributed by atoms with E-state index in [1.54, 1.807) is 60.7 Å². The van der Waals surface area contributed by atoms with Crippen molar-refractivity contribution in [2.24, 2.45) is 0 Å². The van der Waals surface area contributed by atoms with E-state index in [0.29, 0.717) is 22.7 Å². The van der Waals surface area contributed by atoms with E-state index in [2.05, 4.69) is 0 Å². The van der Waals surface area contributed by atoms with Gasteiger partial charge in [0.1, 0.15) is 12.7 Å². The topological polar surface area (TPSA) is 121 Å². The van der Waals surface area contributed by atoms with E-state index >= 15 is 0 Å². The molecule has 10 nitrogen and oxygen atoms in total. The van der Waals surface area contributed by atoms with Gasteiger partial charge in [-0.2, -0.15) is 17.0 Å². The molecule has 1 atom stereocenters. The lowest BCUT2D eigenvalue weighted by atomic mass is 10.0. The molecule has 1 aliphatic rings. The molecule has 2 aromatic rings. The Hall–Kier alpha value is -2.96. The van der Waals surface area contributed by atoms with E-state index in [0.717, 1.165) is 16.1 Å². The van der Waals surface area contributed by atoms with Gasteiger partial charge in [0, 0.05) is 6.54 Å². The minimum Gasteiger partial charge on any atom is -0.449 e. The number of benzene rings is 2. The zero-order valence-electron chi connectivity index (χ0n) is 19.6. The van der Waals surface area contributed by atoms with Gasteiger partial charge in [-0.05, 0) is 24.0 Å². The van der Waals surface area contributed by atoms with Gasteiger partial charge in [-0.25, -0.2) is 17.5 Å². The van der Waals surface area contributed by atoms with Crippen LogP contribution in [0.2, 0.25) is 0 Å². The van der Waals surface area contributed by atoms with Crippen LogP contribution in [0.3, 0.4) is 0 Å². The van der Waals surface area contributed by atoms with Crippen molar-refractivity contribution in [1.29, 1.82) is 0 Å². The smallest absolute Gasteiger partial charge is 0.425 e. The first-order valence-electron chi connectivity index (χ1n) is 11.1. The number of rotatable bonds is 10. The first kappa shape index (κ1) is 26.6. The summed E-state index contributed by atoms with van der Waals surface area (Å²) in [6, 6.07) is 16.6. The van der Waals surface area contributed by atoms with Gasteiger partial charge in [-0.3, -0.25) is 4.79 Å². The minimum absolute atomic E-state index is 0.0290. The fourth-order valence-corrected chi connectivity index (χ4v) is 5.99. The van der Waals surface area contributed by atoms with Crippen LogP contribution >= 0.6 is 0 Å². The predicted molar refractivity (Wildman–Crippen MR) is 129 cm³/mol. The van der Waals surface area contributed by atoms with Gasteiger partial charge in [-0.1, -0.05) is 74.0 Å². The molecule has 35 heavy (non-hydrogen) atoms. The third-order valence-corrected chi connectivity index (χ3v) is 8.38. The molecule has 0 radical (unpaired) electrons. The molecule has 0 saturated carbocycles. The lowest BCUT2D eigenvalue weighted by molar-refractivity contribution is -0.128. The molecule has 12 heteroatoms. The molecular weight excluding hydrogens is 494 g/mol. The molecule has 190 valence electrons. The number of sulfonamides is 1. The highest BCUT2D eigenvalue weighted by Crippen LogP contribution is 2.29. The molecule has 3 rings (SSSR count).